The Morgan fingerprint density at radius 2 is 0.513 bits per heavy atom. The number of unbranched alkanes of at least 4 members (excludes halogenated alkanes) is 43. The average molecular weight is 1070 g/mol. The van der Waals surface area contributed by atoms with Crippen molar-refractivity contribution in [3.8, 4) is 0 Å². The number of carbonyl (C=O) groups is 3. The van der Waals surface area contributed by atoms with Crippen LogP contribution in [-0.4, -0.2) is 37.2 Å². The van der Waals surface area contributed by atoms with Crippen LogP contribution in [0.15, 0.2) is 48.6 Å². The van der Waals surface area contributed by atoms with Crippen LogP contribution in [-0.2, 0) is 28.6 Å². The SMILES string of the molecule is CC/C=C\C/C=C\C/C=C\CCCCCCCC(=O)OCC(COC(=O)CCCCCCCCCCCCCCCCCCCCCCCCCCCC)OC(=O)CCCCCCCCC/C=C\CCCCCCCC. The number of hydrogen-bond donors (Lipinski definition) is 0. The molecule has 0 N–H and O–H groups in total. The van der Waals surface area contributed by atoms with Crippen LogP contribution in [0.3, 0.4) is 0 Å². The molecule has 76 heavy (non-hydrogen) atoms. The first kappa shape index (κ1) is 73.4. The van der Waals surface area contributed by atoms with Gasteiger partial charge in [-0.1, -0.05) is 313 Å². The van der Waals surface area contributed by atoms with Gasteiger partial charge in [0.15, 0.2) is 6.10 Å². The van der Waals surface area contributed by atoms with E-state index >= 15 is 0 Å². The third-order valence-corrected chi connectivity index (χ3v) is 15.1. The molecular formula is C70H128O6. The number of esters is 3. The molecule has 0 aliphatic heterocycles. The van der Waals surface area contributed by atoms with Crippen LogP contribution in [0, 0.1) is 0 Å². The topological polar surface area (TPSA) is 78.9 Å². The lowest BCUT2D eigenvalue weighted by molar-refractivity contribution is -0.167. The van der Waals surface area contributed by atoms with Crippen molar-refractivity contribution in [2.45, 2.75) is 367 Å². The summed E-state index contributed by atoms with van der Waals surface area (Å²) in [6, 6.07) is 0. The molecule has 0 amide bonds. The van der Waals surface area contributed by atoms with E-state index in [2.05, 4.69) is 69.4 Å². The molecule has 6 nitrogen and oxygen atoms in total. The fourth-order valence-electron chi connectivity index (χ4n) is 10.0. The molecule has 0 aromatic heterocycles. The van der Waals surface area contributed by atoms with E-state index in [9.17, 15) is 14.4 Å². The lowest BCUT2D eigenvalue weighted by Gasteiger charge is -2.18. The highest BCUT2D eigenvalue weighted by Crippen LogP contribution is 2.18. The summed E-state index contributed by atoms with van der Waals surface area (Å²) in [7, 11) is 0. The first-order valence-corrected chi connectivity index (χ1v) is 33.6. The van der Waals surface area contributed by atoms with Crippen molar-refractivity contribution in [3.05, 3.63) is 48.6 Å². The molecule has 0 aliphatic carbocycles. The first-order valence-electron chi connectivity index (χ1n) is 33.6. The molecule has 0 aromatic rings. The molecule has 1 atom stereocenters. The standard InChI is InChI=1S/C70H128O6/c1-4-7-10-13-16-19-22-25-28-30-31-32-33-34-35-36-37-38-40-42-45-48-51-54-57-60-63-69(72)75-66-67(65-74-68(71)62-59-56-53-50-47-44-41-27-24-21-18-15-12-9-6-3)76-70(73)64-61-58-55-52-49-46-43-39-29-26-23-20-17-14-11-8-5-2/h9,12,18,21,26-27,29,41,67H,4-8,10-11,13-17,19-20,22-25,28,30-40,42-66H2,1-3H3/b12-9-,21-18-,29-26-,41-27-. The number of carbonyl (C=O) groups excluding carboxylic acids is 3. The Bertz CT molecular complexity index is 1310. The van der Waals surface area contributed by atoms with Crippen molar-refractivity contribution in [2.75, 3.05) is 13.2 Å². The molecule has 0 aliphatic rings. The van der Waals surface area contributed by atoms with E-state index in [0.717, 1.165) is 96.3 Å². The van der Waals surface area contributed by atoms with Crippen LogP contribution in [0.1, 0.15) is 361 Å². The van der Waals surface area contributed by atoms with Crippen LogP contribution < -0.4 is 0 Å². The van der Waals surface area contributed by atoms with Gasteiger partial charge in [-0.2, -0.15) is 0 Å². The minimum absolute atomic E-state index is 0.0768. The molecule has 0 saturated heterocycles. The first-order chi connectivity index (χ1) is 37.5. The number of ether oxygens (including phenoxy) is 3. The summed E-state index contributed by atoms with van der Waals surface area (Å²) in [5, 5.41) is 0. The number of allylic oxidation sites excluding steroid dienone is 8. The van der Waals surface area contributed by atoms with Crippen LogP contribution in [0.25, 0.3) is 0 Å². The quantitative estimate of drug-likeness (QED) is 0.0261. The molecule has 0 spiro atoms. The summed E-state index contributed by atoms with van der Waals surface area (Å²) in [5.41, 5.74) is 0. The van der Waals surface area contributed by atoms with E-state index in [1.807, 2.05) is 0 Å². The van der Waals surface area contributed by atoms with Gasteiger partial charge in [0.25, 0.3) is 0 Å². The monoisotopic (exact) mass is 1060 g/mol. The summed E-state index contributed by atoms with van der Waals surface area (Å²) < 4.78 is 16.9. The highest BCUT2D eigenvalue weighted by molar-refractivity contribution is 5.71. The lowest BCUT2D eigenvalue weighted by atomic mass is 10.0. The highest BCUT2D eigenvalue weighted by atomic mass is 16.6. The van der Waals surface area contributed by atoms with E-state index in [0.29, 0.717) is 19.3 Å². The molecule has 0 bridgehead atoms. The van der Waals surface area contributed by atoms with E-state index in [4.69, 9.17) is 14.2 Å². The summed E-state index contributed by atoms with van der Waals surface area (Å²) in [4.78, 5) is 38.3. The molecule has 0 fully saturated rings. The Morgan fingerprint density at radius 3 is 0.816 bits per heavy atom. The number of hydrogen-bond acceptors (Lipinski definition) is 6. The minimum Gasteiger partial charge on any atom is -0.462 e. The smallest absolute Gasteiger partial charge is 0.306 e. The zero-order valence-electron chi connectivity index (χ0n) is 51.0. The van der Waals surface area contributed by atoms with Gasteiger partial charge in [-0.05, 0) is 77.0 Å². The molecule has 0 saturated carbocycles. The second kappa shape index (κ2) is 64.9. The van der Waals surface area contributed by atoms with Crippen LogP contribution >= 0.6 is 0 Å². The maximum Gasteiger partial charge on any atom is 0.306 e. The Morgan fingerprint density at radius 1 is 0.276 bits per heavy atom. The van der Waals surface area contributed by atoms with Crippen molar-refractivity contribution < 1.29 is 28.6 Å². The zero-order valence-corrected chi connectivity index (χ0v) is 51.0. The Balaban J connectivity index is 4.25. The average Bonchev–Trinajstić information content (AvgIpc) is 3.42. The second-order valence-corrected chi connectivity index (χ2v) is 22.7. The Kier molecular flexibility index (Phi) is 62.6. The maximum atomic E-state index is 12.9. The van der Waals surface area contributed by atoms with E-state index in [1.165, 1.54) is 225 Å². The van der Waals surface area contributed by atoms with Gasteiger partial charge >= 0.3 is 17.9 Å². The summed E-state index contributed by atoms with van der Waals surface area (Å²) in [6.07, 6.45) is 81.4. The van der Waals surface area contributed by atoms with Gasteiger partial charge in [0, 0.05) is 19.3 Å². The minimum atomic E-state index is -0.782. The summed E-state index contributed by atoms with van der Waals surface area (Å²) >= 11 is 0. The van der Waals surface area contributed by atoms with Crippen LogP contribution in [0.5, 0.6) is 0 Å². The molecule has 1 unspecified atom stereocenters. The zero-order chi connectivity index (χ0) is 55.0. The van der Waals surface area contributed by atoms with E-state index < -0.39 is 6.10 Å². The number of rotatable bonds is 62. The van der Waals surface area contributed by atoms with Gasteiger partial charge in [-0.25, -0.2) is 0 Å². The van der Waals surface area contributed by atoms with Crippen molar-refractivity contribution in [3.63, 3.8) is 0 Å². The normalized spacial score (nSPS) is 12.3. The fraction of sp³-hybridized carbons (Fsp3) is 0.843. The van der Waals surface area contributed by atoms with Crippen LogP contribution in [0.4, 0.5) is 0 Å². The maximum absolute atomic E-state index is 12.9. The Labute approximate surface area is 473 Å². The highest BCUT2D eigenvalue weighted by Gasteiger charge is 2.19. The predicted molar refractivity (Wildman–Crippen MR) is 330 cm³/mol. The van der Waals surface area contributed by atoms with Crippen molar-refractivity contribution in [1.29, 1.82) is 0 Å². The van der Waals surface area contributed by atoms with Gasteiger partial charge in [-0.15, -0.1) is 0 Å². The molecule has 6 heteroatoms. The van der Waals surface area contributed by atoms with E-state index in [-0.39, 0.29) is 31.1 Å². The van der Waals surface area contributed by atoms with Crippen molar-refractivity contribution in [1.82, 2.24) is 0 Å². The van der Waals surface area contributed by atoms with Gasteiger partial charge in [0.05, 0.1) is 0 Å². The molecular weight excluding hydrogens is 937 g/mol. The molecule has 0 heterocycles. The third kappa shape index (κ3) is 62.2. The summed E-state index contributed by atoms with van der Waals surface area (Å²) in [5.74, 6) is -0.876. The summed E-state index contributed by atoms with van der Waals surface area (Å²) in [6.45, 7) is 6.57. The second-order valence-electron chi connectivity index (χ2n) is 22.7. The van der Waals surface area contributed by atoms with Gasteiger partial charge in [0.2, 0.25) is 0 Å². The largest absolute Gasteiger partial charge is 0.462 e. The van der Waals surface area contributed by atoms with Crippen molar-refractivity contribution >= 4 is 17.9 Å². The van der Waals surface area contributed by atoms with Gasteiger partial charge in [0.1, 0.15) is 13.2 Å². The lowest BCUT2D eigenvalue weighted by Crippen LogP contribution is -2.30. The van der Waals surface area contributed by atoms with Gasteiger partial charge < -0.3 is 14.2 Å². The Hall–Kier alpha value is -2.63. The fourth-order valence-corrected chi connectivity index (χ4v) is 10.0. The molecule has 0 aromatic carbocycles. The third-order valence-electron chi connectivity index (χ3n) is 15.1. The molecule has 0 rings (SSSR count). The molecule has 444 valence electrons. The van der Waals surface area contributed by atoms with Gasteiger partial charge in [-0.3, -0.25) is 14.4 Å². The predicted octanol–water partition coefficient (Wildman–Crippen LogP) is 22.9. The van der Waals surface area contributed by atoms with Crippen LogP contribution in [0.2, 0.25) is 0 Å². The van der Waals surface area contributed by atoms with E-state index in [1.54, 1.807) is 0 Å². The molecule has 0 radical (unpaired) electrons. The van der Waals surface area contributed by atoms with Crippen molar-refractivity contribution in [2.24, 2.45) is 0 Å².